The fourth-order valence-electron chi connectivity index (χ4n) is 3.49. The highest BCUT2D eigenvalue weighted by atomic mass is 16.2. The van der Waals surface area contributed by atoms with Crippen LogP contribution in [0.3, 0.4) is 0 Å². The molecule has 3 aromatic carbocycles. The standard InChI is InChI=1S/C22H19N3O3/c1-22(17-11-3-2-4-12-17)20(27)25(21(28)23-22)24-19(26)14-16-10-7-9-15-8-5-6-13-18(15)16/h2-13H,14H2,1H3,(H,23,28)(H,24,26)/t22-/m1/s1. The van der Waals surface area contributed by atoms with E-state index in [1.54, 1.807) is 31.2 Å². The molecule has 0 spiro atoms. The lowest BCUT2D eigenvalue weighted by molar-refractivity contribution is -0.138. The van der Waals surface area contributed by atoms with Crippen molar-refractivity contribution in [3.63, 3.8) is 0 Å². The summed E-state index contributed by atoms with van der Waals surface area (Å²) in [5.74, 6) is -0.952. The summed E-state index contributed by atoms with van der Waals surface area (Å²) >= 11 is 0. The highest BCUT2D eigenvalue weighted by Crippen LogP contribution is 2.27. The molecule has 140 valence electrons. The van der Waals surface area contributed by atoms with Crippen molar-refractivity contribution < 1.29 is 14.4 Å². The molecule has 1 aliphatic rings. The zero-order chi connectivity index (χ0) is 19.7. The predicted octanol–water partition coefficient (Wildman–Crippen LogP) is 2.88. The Morgan fingerprint density at radius 1 is 0.964 bits per heavy atom. The topological polar surface area (TPSA) is 78.5 Å². The summed E-state index contributed by atoms with van der Waals surface area (Å²) in [7, 11) is 0. The molecule has 4 amide bonds. The van der Waals surface area contributed by atoms with Crippen molar-refractivity contribution in [2.75, 3.05) is 0 Å². The first-order valence-electron chi connectivity index (χ1n) is 8.97. The molecule has 1 aliphatic heterocycles. The number of nitrogens with one attached hydrogen (secondary N) is 2. The molecule has 6 heteroatoms. The second-order valence-electron chi connectivity index (χ2n) is 6.91. The van der Waals surface area contributed by atoms with Gasteiger partial charge in [0.25, 0.3) is 5.91 Å². The molecule has 0 aromatic heterocycles. The minimum Gasteiger partial charge on any atom is -0.318 e. The van der Waals surface area contributed by atoms with Crippen LogP contribution in [0.4, 0.5) is 4.79 Å². The number of imide groups is 1. The van der Waals surface area contributed by atoms with Crippen molar-refractivity contribution in [1.82, 2.24) is 15.8 Å². The quantitative estimate of drug-likeness (QED) is 0.690. The lowest BCUT2D eigenvalue weighted by atomic mass is 9.92. The number of amides is 4. The molecule has 0 saturated carbocycles. The molecular weight excluding hydrogens is 354 g/mol. The third kappa shape index (κ3) is 2.99. The summed E-state index contributed by atoms with van der Waals surface area (Å²) in [6, 6.07) is 21.8. The SMILES string of the molecule is C[C@]1(c2ccccc2)NC(=O)N(NC(=O)Cc2cccc3ccccc23)C1=O. The molecule has 1 atom stereocenters. The van der Waals surface area contributed by atoms with Crippen molar-refractivity contribution in [2.45, 2.75) is 18.9 Å². The van der Waals surface area contributed by atoms with Crippen molar-refractivity contribution in [1.29, 1.82) is 0 Å². The zero-order valence-corrected chi connectivity index (χ0v) is 15.3. The number of nitrogens with zero attached hydrogens (tertiary/aromatic N) is 1. The highest BCUT2D eigenvalue weighted by molar-refractivity contribution is 6.08. The van der Waals surface area contributed by atoms with E-state index in [4.69, 9.17) is 0 Å². The maximum Gasteiger partial charge on any atom is 0.344 e. The molecule has 4 rings (SSSR count). The van der Waals surface area contributed by atoms with Gasteiger partial charge in [0.15, 0.2) is 0 Å². The molecular formula is C22H19N3O3. The van der Waals surface area contributed by atoms with Crippen molar-refractivity contribution in [3.05, 3.63) is 83.9 Å². The number of carbonyl (C=O) groups excluding carboxylic acids is 3. The molecule has 0 radical (unpaired) electrons. The lowest BCUT2D eigenvalue weighted by Crippen LogP contribution is -2.48. The predicted molar refractivity (Wildman–Crippen MR) is 105 cm³/mol. The Labute approximate surface area is 162 Å². The molecule has 1 saturated heterocycles. The van der Waals surface area contributed by atoms with Gasteiger partial charge in [-0.15, -0.1) is 0 Å². The third-order valence-electron chi connectivity index (χ3n) is 5.01. The van der Waals surface area contributed by atoms with Gasteiger partial charge in [-0.2, -0.15) is 5.01 Å². The van der Waals surface area contributed by atoms with E-state index < -0.39 is 23.4 Å². The number of urea groups is 1. The monoisotopic (exact) mass is 373 g/mol. The van der Waals surface area contributed by atoms with Gasteiger partial charge in [0.2, 0.25) is 5.91 Å². The van der Waals surface area contributed by atoms with E-state index in [9.17, 15) is 14.4 Å². The first-order valence-corrected chi connectivity index (χ1v) is 8.97. The van der Waals surface area contributed by atoms with Gasteiger partial charge >= 0.3 is 6.03 Å². The van der Waals surface area contributed by atoms with Gasteiger partial charge < -0.3 is 5.32 Å². The normalized spacial score (nSPS) is 19.0. The number of hydrogen-bond acceptors (Lipinski definition) is 3. The maximum absolute atomic E-state index is 12.9. The Morgan fingerprint density at radius 2 is 1.64 bits per heavy atom. The fourth-order valence-corrected chi connectivity index (χ4v) is 3.49. The van der Waals surface area contributed by atoms with Crippen LogP contribution in [0, 0.1) is 0 Å². The number of benzene rings is 3. The highest BCUT2D eigenvalue weighted by Gasteiger charge is 2.49. The van der Waals surface area contributed by atoms with Crippen molar-refractivity contribution in [3.8, 4) is 0 Å². The molecule has 3 aromatic rings. The van der Waals surface area contributed by atoms with Crippen LogP contribution in [-0.2, 0) is 21.5 Å². The minimum atomic E-state index is -1.22. The second kappa shape index (κ2) is 6.81. The molecule has 0 bridgehead atoms. The first kappa shape index (κ1) is 17.7. The molecule has 28 heavy (non-hydrogen) atoms. The van der Waals surface area contributed by atoms with Gasteiger partial charge in [0.1, 0.15) is 5.54 Å². The van der Waals surface area contributed by atoms with Crippen LogP contribution in [0.1, 0.15) is 18.1 Å². The van der Waals surface area contributed by atoms with E-state index in [-0.39, 0.29) is 6.42 Å². The van der Waals surface area contributed by atoms with Gasteiger partial charge in [0.05, 0.1) is 6.42 Å². The Bertz CT molecular complexity index is 1080. The van der Waals surface area contributed by atoms with Crippen molar-refractivity contribution >= 4 is 28.6 Å². The fraction of sp³-hybridized carbons (Fsp3) is 0.136. The molecule has 6 nitrogen and oxygen atoms in total. The van der Waals surface area contributed by atoms with E-state index in [2.05, 4.69) is 10.7 Å². The van der Waals surface area contributed by atoms with Gasteiger partial charge in [-0.1, -0.05) is 72.8 Å². The number of hydrazine groups is 1. The molecule has 0 aliphatic carbocycles. The van der Waals surface area contributed by atoms with Crippen LogP contribution in [-0.4, -0.2) is 22.9 Å². The molecule has 1 heterocycles. The zero-order valence-electron chi connectivity index (χ0n) is 15.3. The van der Waals surface area contributed by atoms with Gasteiger partial charge in [-0.05, 0) is 28.8 Å². The summed E-state index contributed by atoms with van der Waals surface area (Å²) in [5, 5.41) is 5.42. The third-order valence-corrected chi connectivity index (χ3v) is 5.01. The Kier molecular flexibility index (Phi) is 4.31. The second-order valence-corrected chi connectivity index (χ2v) is 6.91. The number of rotatable bonds is 4. The first-order chi connectivity index (χ1) is 13.5. The molecule has 1 fully saturated rings. The number of carbonyl (C=O) groups is 3. The average molecular weight is 373 g/mol. The van der Waals surface area contributed by atoms with Gasteiger partial charge in [-0.3, -0.25) is 15.0 Å². The minimum absolute atomic E-state index is 0.0560. The van der Waals surface area contributed by atoms with Crippen LogP contribution in [0.15, 0.2) is 72.8 Å². The van der Waals surface area contributed by atoms with E-state index in [1.807, 2.05) is 48.5 Å². The molecule has 2 N–H and O–H groups in total. The Balaban J connectivity index is 1.53. The maximum atomic E-state index is 12.9. The van der Waals surface area contributed by atoms with E-state index in [1.165, 1.54) is 0 Å². The van der Waals surface area contributed by atoms with Crippen LogP contribution in [0.25, 0.3) is 10.8 Å². The van der Waals surface area contributed by atoms with Gasteiger partial charge in [-0.25, -0.2) is 4.79 Å². The summed E-state index contributed by atoms with van der Waals surface area (Å²) < 4.78 is 0. The van der Waals surface area contributed by atoms with Crippen molar-refractivity contribution in [2.24, 2.45) is 0 Å². The van der Waals surface area contributed by atoms with Crippen LogP contribution >= 0.6 is 0 Å². The summed E-state index contributed by atoms with van der Waals surface area (Å²) in [5.41, 5.74) is 2.71. The summed E-state index contributed by atoms with van der Waals surface area (Å²) in [6.45, 7) is 1.62. The van der Waals surface area contributed by atoms with E-state index in [0.717, 1.165) is 21.3 Å². The summed E-state index contributed by atoms with van der Waals surface area (Å²) in [6.07, 6.45) is 0.0560. The largest absolute Gasteiger partial charge is 0.344 e. The summed E-state index contributed by atoms with van der Waals surface area (Å²) in [4.78, 5) is 37.8. The lowest BCUT2D eigenvalue weighted by Gasteiger charge is -2.22. The van der Waals surface area contributed by atoms with Crippen LogP contribution < -0.4 is 10.7 Å². The Morgan fingerprint density at radius 3 is 2.43 bits per heavy atom. The van der Waals surface area contributed by atoms with Crippen LogP contribution in [0.5, 0.6) is 0 Å². The Hall–Kier alpha value is -3.67. The van der Waals surface area contributed by atoms with Gasteiger partial charge in [0, 0.05) is 0 Å². The smallest absolute Gasteiger partial charge is 0.318 e. The average Bonchev–Trinajstić information content (AvgIpc) is 2.93. The molecule has 0 unspecified atom stereocenters. The van der Waals surface area contributed by atoms with E-state index >= 15 is 0 Å². The number of hydrogen-bond donors (Lipinski definition) is 2. The van der Waals surface area contributed by atoms with Crippen LogP contribution in [0.2, 0.25) is 0 Å². The number of fused-ring (bicyclic) bond motifs is 1. The van der Waals surface area contributed by atoms with E-state index in [0.29, 0.717) is 5.56 Å².